The van der Waals surface area contributed by atoms with Gasteiger partial charge in [-0.05, 0) is 52.0 Å². The Morgan fingerprint density at radius 2 is 2.05 bits per heavy atom. The lowest BCUT2D eigenvalue weighted by Gasteiger charge is -2.33. The lowest BCUT2D eigenvalue weighted by molar-refractivity contribution is -0.144. The fraction of sp³-hybridized carbons (Fsp3) is 0.440. The largest absolute Gasteiger partial charge is 0.465 e. The number of aromatic nitrogens is 3. The summed E-state index contributed by atoms with van der Waals surface area (Å²) in [5.74, 6) is -0.0729. The van der Waals surface area contributed by atoms with Crippen LogP contribution < -0.4 is 15.3 Å². The number of anilines is 1. The third-order valence-electron chi connectivity index (χ3n) is 6.50. The number of hydrogen-bond donors (Lipinski definition) is 4. The van der Waals surface area contributed by atoms with E-state index in [1.165, 1.54) is 36.6 Å². The first-order valence-corrected chi connectivity index (χ1v) is 14.0. The number of nitrogens with one attached hydrogen (secondary N) is 1. The van der Waals surface area contributed by atoms with E-state index in [9.17, 15) is 24.8 Å². The van der Waals surface area contributed by atoms with Crippen molar-refractivity contribution in [1.82, 2.24) is 19.7 Å². The molecule has 6 atom stereocenters. The van der Waals surface area contributed by atoms with Crippen LogP contribution in [0.5, 0.6) is 5.75 Å². The molecule has 3 heterocycles. The summed E-state index contributed by atoms with van der Waals surface area (Å²) in [7, 11) is -4.31. The number of aliphatic hydroxyl groups excluding tert-OH is 1. The quantitative estimate of drug-likeness (QED) is 0.201. The molecular formula is C25H31N6O8P. The van der Waals surface area contributed by atoms with Gasteiger partial charge >= 0.3 is 13.7 Å². The normalized spacial score (nSPS) is 26.6. The summed E-state index contributed by atoms with van der Waals surface area (Å²) in [6.45, 7) is 5.39. The standard InChI is InChI=1S/C25H31N6O8P/c1-5-36-23(33)15(2)30-40(35,39-17-9-7-6-8-10-17)37-13-19-21(32)24(4,34)25(14-26,38-19)20-12-11-18-22(27)28-16(3)29-31(18)20/h6-12,15,19,21,32,34H,5,13H2,1-4H3,(H,30,35)(H2,27,28,29)/t15-,19+,21+,24+,25-,40?/m0/s1. The van der Waals surface area contributed by atoms with E-state index in [0.717, 1.165) is 0 Å². The highest BCUT2D eigenvalue weighted by Crippen LogP contribution is 2.50. The van der Waals surface area contributed by atoms with Gasteiger partial charge in [-0.3, -0.25) is 9.32 Å². The van der Waals surface area contributed by atoms with E-state index in [4.69, 9.17) is 24.3 Å². The lowest BCUT2D eigenvalue weighted by Crippen LogP contribution is -2.52. The molecule has 0 spiro atoms. The first-order valence-electron chi connectivity index (χ1n) is 12.4. The second kappa shape index (κ2) is 11.1. The summed E-state index contributed by atoms with van der Waals surface area (Å²) in [4.78, 5) is 16.3. The number of fused-ring (bicyclic) bond motifs is 1. The van der Waals surface area contributed by atoms with E-state index in [-0.39, 0.29) is 23.9 Å². The molecule has 0 bridgehead atoms. The molecule has 214 valence electrons. The van der Waals surface area contributed by atoms with Gasteiger partial charge in [0.05, 0.1) is 18.9 Å². The molecule has 1 aliphatic heterocycles. The predicted molar refractivity (Wildman–Crippen MR) is 141 cm³/mol. The number of esters is 1. The van der Waals surface area contributed by atoms with Crippen molar-refractivity contribution in [3.05, 3.63) is 54.0 Å². The summed E-state index contributed by atoms with van der Waals surface area (Å²) in [5, 5.41) is 39.6. The molecule has 0 saturated carbocycles. The maximum absolute atomic E-state index is 13.8. The van der Waals surface area contributed by atoms with Gasteiger partial charge < -0.3 is 29.9 Å². The van der Waals surface area contributed by atoms with Crippen molar-refractivity contribution < 1.29 is 38.1 Å². The van der Waals surface area contributed by atoms with Crippen LogP contribution in [0, 0.1) is 18.3 Å². The number of nitrogen functional groups attached to an aromatic ring is 1. The van der Waals surface area contributed by atoms with Gasteiger partial charge in [-0.1, -0.05) is 18.2 Å². The van der Waals surface area contributed by atoms with Gasteiger partial charge in [0, 0.05) is 0 Å². The molecule has 1 aliphatic rings. The number of nitrogens with two attached hydrogens (primary N) is 1. The van der Waals surface area contributed by atoms with Crippen LogP contribution in [0.3, 0.4) is 0 Å². The Balaban J connectivity index is 1.64. The Bertz CT molecular complexity index is 1480. The highest BCUT2D eigenvalue weighted by atomic mass is 31.2. The van der Waals surface area contributed by atoms with E-state index in [0.29, 0.717) is 11.3 Å². The molecule has 0 radical (unpaired) electrons. The molecular weight excluding hydrogens is 543 g/mol. The van der Waals surface area contributed by atoms with Crippen LogP contribution in [-0.4, -0.2) is 67.8 Å². The zero-order chi connectivity index (χ0) is 29.3. The van der Waals surface area contributed by atoms with Crippen molar-refractivity contribution in [3.63, 3.8) is 0 Å². The minimum Gasteiger partial charge on any atom is -0.465 e. The van der Waals surface area contributed by atoms with E-state index in [1.807, 2.05) is 6.07 Å². The van der Waals surface area contributed by atoms with Crippen LogP contribution >= 0.6 is 7.75 Å². The van der Waals surface area contributed by atoms with Crippen molar-refractivity contribution in [2.45, 2.75) is 57.1 Å². The van der Waals surface area contributed by atoms with Crippen molar-refractivity contribution in [2.24, 2.45) is 0 Å². The maximum Gasteiger partial charge on any atom is 0.459 e. The number of aliphatic hydroxyl groups is 2. The Morgan fingerprint density at radius 1 is 1.35 bits per heavy atom. The van der Waals surface area contributed by atoms with Crippen molar-refractivity contribution in [1.29, 1.82) is 5.26 Å². The van der Waals surface area contributed by atoms with Gasteiger partial charge in [-0.25, -0.2) is 14.1 Å². The highest BCUT2D eigenvalue weighted by Gasteiger charge is 2.65. The maximum atomic E-state index is 13.8. The molecule has 0 amide bonds. The van der Waals surface area contributed by atoms with Crippen LogP contribution in [0.15, 0.2) is 42.5 Å². The van der Waals surface area contributed by atoms with Gasteiger partial charge in [-0.2, -0.15) is 15.4 Å². The predicted octanol–water partition coefficient (Wildman–Crippen LogP) is 1.59. The number of benzene rings is 1. The minimum atomic E-state index is -4.31. The Hall–Kier alpha value is -3.57. The molecule has 2 aromatic heterocycles. The van der Waals surface area contributed by atoms with Gasteiger partial charge in [0.1, 0.15) is 47.0 Å². The monoisotopic (exact) mass is 574 g/mol. The zero-order valence-electron chi connectivity index (χ0n) is 22.3. The van der Waals surface area contributed by atoms with Crippen LogP contribution in [0.4, 0.5) is 5.82 Å². The van der Waals surface area contributed by atoms with Crippen LogP contribution in [0.25, 0.3) is 5.52 Å². The number of aryl methyl sites for hydroxylation is 1. The van der Waals surface area contributed by atoms with Gasteiger partial charge in [0.25, 0.3) is 0 Å². The fourth-order valence-electron chi connectivity index (χ4n) is 4.46. The number of nitriles is 1. The summed E-state index contributed by atoms with van der Waals surface area (Å²) in [5.41, 5.74) is 2.12. The van der Waals surface area contributed by atoms with Gasteiger partial charge in [-0.15, -0.1) is 0 Å². The van der Waals surface area contributed by atoms with Crippen molar-refractivity contribution in [3.8, 4) is 11.8 Å². The van der Waals surface area contributed by atoms with E-state index in [2.05, 4.69) is 15.2 Å². The molecule has 14 nitrogen and oxygen atoms in total. The second-order valence-electron chi connectivity index (χ2n) is 9.40. The SMILES string of the molecule is CCOC(=O)[C@H](C)NP(=O)(OC[C@H]1O[C@@](C#N)(c2ccc3c(N)nc(C)nn23)[C@](C)(O)[C@@H]1O)Oc1ccccc1. The summed E-state index contributed by atoms with van der Waals surface area (Å²) >= 11 is 0. The van der Waals surface area contributed by atoms with E-state index in [1.54, 1.807) is 38.1 Å². The van der Waals surface area contributed by atoms with Crippen molar-refractivity contribution in [2.75, 3.05) is 18.9 Å². The number of para-hydroxylation sites is 1. The van der Waals surface area contributed by atoms with Crippen LogP contribution in [-0.2, 0) is 29.0 Å². The number of nitrogens with zero attached hydrogens (tertiary/aromatic N) is 4. The van der Waals surface area contributed by atoms with Crippen LogP contribution in [0.1, 0.15) is 32.3 Å². The molecule has 1 aromatic carbocycles. The molecule has 1 fully saturated rings. The third-order valence-corrected chi connectivity index (χ3v) is 8.15. The number of carbonyl (C=O) groups is 1. The lowest BCUT2D eigenvalue weighted by atomic mass is 9.80. The molecule has 40 heavy (non-hydrogen) atoms. The number of carbonyl (C=O) groups excluding carboxylic acids is 1. The number of rotatable bonds is 10. The molecule has 1 saturated heterocycles. The van der Waals surface area contributed by atoms with E-state index >= 15 is 0 Å². The highest BCUT2D eigenvalue weighted by molar-refractivity contribution is 7.52. The Labute approximate surface area is 230 Å². The topological polar surface area (TPSA) is 204 Å². The minimum absolute atomic E-state index is 0.0894. The fourth-order valence-corrected chi connectivity index (χ4v) is 5.96. The number of ether oxygens (including phenoxy) is 2. The van der Waals surface area contributed by atoms with Crippen LogP contribution in [0.2, 0.25) is 0 Å². The van der Waals surface area contributed by atoms with Gasteiger partial charge in [0.2, 0.25) is 5.60 Å². The average molecular weight is 575 g/mol. The third kappa shape index (κ3) is 5.27. The van der Waals surface area contributed by atoms with E-state index < -0.39 is 49.8 Å². The second-order valence-corrected chi connectivity index (χ2v) is 11.1. The van der Waals surface area contributed by atoms with Gasteiger partial charge in [0.15, 0.2) is 5.82 Å². The Kier molecular flexibility index (Phi) is 8.18. The molecule has 1 unspecified atom stereocenters. The van der Waals surface area contributed by atoms with Crippen molar-refractivity contribution >= 4 is 25.1 Å². The Morgan fingerprint density at radius 3 is 2.70 bits per heavy atom. The molecule has 4 rings (SSSR count). The first-order chi connectivity index (χ1) is 18.9. The first kappa shape index (κ1) is 29.4. The zero-order valence-corrected chi connectivity index (χ0v) is 23.2. The average Bonchev–Trinajstić information content (AvgIpc) is 3.41. The number of hydrogen-bond acceptors (Lipinski definition) is 12. The summed E-state index contributed by atoms with van der Waals surface area (Å²) in [6, 6.07) is 12.0. The summed E-state index contributed by atoms with van der Waals surface area (Å²) in [6.07, 6.45) is -3.06. The molecule has 3 aromatic rings. The molecule has 5 N–H and O–H groups in total. The smallest absolute Gasteiger partial charge is 0.459 e. The molecule has 0 aliphatic carbocycles. The summed E-state index contributed by atoms with van der Waals surface area (Å²) < 4.78 is 37.3. The molecule has 15 heteroatoms.